The summed E-state index contributed by atoms with van der Waals surface area (Å²) in [6, 6.07) is 9.84. The van der Waals surface area contributed by atoms with Crippen LogP contribution in [0.5, 0.6) is 0 Å². The van der Waals surface area contributed by atoms with Crippen LogP contribution in [0.25, 0.3) is 0 Å². The Kier molecular flexibility index (Phi) is 5.76. The Labute approximate surface area is 143 Å². The number of carbonyl (C=O) groups is 2. The molecule has 0 aliphatic carbocycles. The number of hydrogen-bond acceptors (Lipinski definition) is 4. The SMILES string of the molecule is CCN(C(=O)COC(=O)c1ccc(Cl)cc1N)c1ccc(F)cc1. The van der Waals surface area contributed by atoms with Gasteiger partial charge in [-0.2, -0.15) is 0 Å². The van der Waals surface area contributed by atoms with Gasteiger partial charge in [-0.25, -0.2) is 9.18 Å². The Hall–Kier alpha value is -2.60. The van der Waals surface area contributed by atoms with Gasteiger partial charge < -0.3 is 15.4 Å². The Bertz CT molecular complexity index is 750. The van der Waals surface area contributed by atoms with Crippen LogP contribution < -0.4 is 10.6 Å². The molecule has 0 spiro atoms. The van der Waals surface area contributed by atoms with Crippen LogP contribution in [0.2, 0.25) is 5.02 Å². The van der Waals surface area contributed by atoms with E-state index in [0.29, 0.717) is 17.3 Å². The van der Waals surface area contributed by atoms with Crippen LogP contribution in [0.15, 0.2) is 42.5 Å². The zero-order valence-corrected chi connectivity index (χ0v) is 13.7. The van der Waals surface area contributed by atoms with Gasteiger partial charge in [-0.1, -0.05) is 11.6 Å². The first-order chi connectivity index (χ1) is 11.4. The molecule has 2 rings (SSSR count). The van der Waals surface area contributed by atoms with Crippen molar-refractivity contribution in [3.8, 4) is 0 Å². The Morgan fingerprint density at radius 2 is 1.88 bits per heavy atom. The average molecular weight is 351 g/mol. The van der Waals surface area contributed by atoms with Gasteiger partial charge in [0.25, 0.3) is 5.91 Å². The number of esters is 1. The van der Waals surface area contributed by atoms with Gasteiger partial charge in [-0.3, -0.25) is 4.79 Å². The number of rotatable bonds is 5. The highest BCUT2D eigenvalue weighted by atomic mass is 35.5. The van der Waals surface area contributed by atoms with Crippen molar-refractivity contribution in [3.05, 3.63) is 58.9 Å². The van der Waals surface area contributed by atoms with Crippen LogP contribution in [0, 0.1) is 5.82 Å². The molecule has 0 atom stereocenters. The highest BCUT2D eigenvalue weighted by molar-refractivity contribution is 6.31. The fourth-order valence-electron chi connectivity index (χ4n) is 2.13. The third-order valence-electron chi connectivity index (χ3n) is 3.32. The van der Waals surface area contributed by atoms with Crippen molar-refractivity contribution < 1.29 is 18.7 Å². The predicted octanol–water partition coefficient (Wildman–Crippen LogP) is 3.27. The van der Waals surface area contributed by atoms with Gasteiger partial charge in [0, 0.05) is 22.9 Å². The Morgan fingerprint density at radius 3 is 2.46 bits per heavy atom. The number of nitrogens with two attached hydrogens (primary N) is 1. The van der Waals surface area contributed by atoms with Crippen molar-refractivity contribution in [2.45, 2.75) is 6.92 Å². The van der Waals surface area contributed by atoms with Gasteiger partial charge in [0.15, 0.2) is 6.61 Å². The van der Waals surface area contributed by atoms with E-state index < -0.39 is 24.3 Å². The first-order valence-electron chi connectivity index (χ1n) is 7.20. The lowest BCUT2D eigenvalue weighted by Crippen LogP contribution is -2.34. The van der Waals surface area contributed by atoms with Crippen molar-refractivity contribution in [1.29, 1.82) is 0 Å². The molecule has 0 saturated heterocycles. The zero-order valence-electron chi connectivity index (χ0n) is 13.0. The fraction of sp³-hybridized carbons (Fsp3) is 0.176. The lowest BCUT2D eigenvalue weighted by atomic mass is 10.2. The van der Waals surface area contributed by atoms with Gasteiger partial charge >= 0.3 is 5.97 Å². The largest absolute Gasteiger partial charge is 0.452 e. The summed E-state index contributed by atoms with van der Waals surface area (Å²) >= 11 is 5.77. The van der Waals surface area contributed by atoms with Gasteiger partial charge in [0.05, 0.1) is 5.56 Å². The number of ether oxygens (including phenoxy) is 1. The second-order valence-electron chi connectivity index (χ2n) is 4.92. The van der Waals surface area contributed by atoms with Crippen LogP contribution >= 0.6 is 11.6 Å². The molecule has 0 aliphatic rings. The summed E-state index contributed by atoms with van der Waals surface area (Å²) in [4.78, 5) is 25.6. The predicted molar refractivity (Wildman–Crippen MR) is 90.6 cm³/mol. The van der Waals surface area contributed by atoms with E-state index >= 15 is 0 Å². The van der Waals surface area contributed by atoms with E-state index in [1.165, 1.54) is 47.4 Å². The minimum Gasteiger partial charge on any atom is -0.452 e. The molecular weight excluding hydrogens is 335 g/mol. The van der Waals surface area contributed by atoms with Crippen molar-refractivity contribution in [2.75, 3.05) is 23.8 Å². The number of carbonyl (C=O) groups excluding carboxylic acids is 2. The number of benzene rings is 2. The molecule has 0 bridgehead atoms. The summed E-state index contributed by atoms with van der Waals surface area (Å²) in [6.45, 7) is 1.66. The van der Waals surface area contributed by atoms with E-state index in [1.807, 2.05) is 0 Å². The monoisotopic (exact) mass is 350 g/mol. The first kappa shape index (κ1) is 17.7. The Morgan fingerprint density at radius 1 is 1.21 bits per heavy atom. The first-order valence-corrected chi connectivity index (χ1v) is 7.58. The summed E-state index contributed by atoms with van der Waals surface area (Å²) in [5.41, 5.74) is 6.53. The molecule has 0 radical (unpaired) electrons. The van der Waals surface area contributed by atoms with Crippen LogP contribution in [-0.2, 0) is 9.53 Å². The maximum absolute atomic E-state index is 13.0. The van der Waals surface area contributed by atoms with E-state index in [0.717, 1.165) is 0 Å². The number of likely N-dealkylation sites (N-methyl/N-ethyl adjacent to an activating group) is 1. The number of amides is 1. The lowest BCUT2D eigenvalue weighted by Gasteiger charge is -2.21. The van der Waals surface area contributed by atoms with Crippen LogP contribution in [0.1, 0.15) is 17.3 Å². The standard InChI is InChI=1S/C17H16ClFN2O3/c1-2-21(13-6-4-12(19)5-7-13)16(22)10-24-17(23)14-8-3-11(18)9-15(14)20/h3-9H,2,10,20H2,1H3. The average Bonchev–Trinajstić information content (AvgIpc) is 2.55. The molecule has 0 saturated carbocycles. The third-order valence-corrected chi connectivity index (χ3v) is 3.55. The van der Waals surface area contributed by atoms with E-state index in [-0.39, 0.29) is 11.3 Å². The maximum atomic E-state index is 13.0. The highest BCUT2D eigenvalue weighted by Crippen LogP contribution is 2.19. The van der Waals surface area contributed by atoms with E-state index in [9.17, 15) is 14.0 Å². The zero-order chi connectivity index (χ0) is 17.7. The minimum atomic E-state index is -0.715. The smallest absolute Gasteiger partial charge is 0.340 e. The molecule has 2 aromatic rings. The molecule has 5 nitrogen and oxygen atoms in total. The van der Waals surface area contributed by atoms with E-state index in [1.54, 1.807) is 6.92 Å². The van der Waals surface area contributed by atoms with Gasteiger partial charge in [0.1, 0.15) is 5.82 Å². The van der Waals surface area contributed by atoms with Crippen molar-refractivity contribution in [2.24, 2.45) is 0 Å². The summed E-state index contributed by atoms with van der Waals surface area (Å²) in [5.74, 6) is -1.54. The molecular formula is C17H16ClFN2O3. The van der Waals surface area contributed by atoms with Gasteiger partial charge in [-0.15, -0.1) is 0 Å². The number of hydrogen-bond donors (Lipinski definition) is 1. The summed E-state index contributed by atoms with van der Waals surface area (Å²) in [5, 5.41) is 0.397. The maximum Gasteiger partial charge on any atom is 0.340 e. The topological polar surface area (TPSA) is 72.6 Å². The molecule has 7 heteroatoms. The molecule has 2 aromatic carbocycles. The quantitative estimate of drug-likeness (QED) is 0.663. The van der Waals surface area contributed by atoms with Gasteiger partial charge in [0.2, 0.25) is 0 Å². The highest BCUT2D eigenvalue weighted by Gasteiger charge is 2.18. The molecule has 0 aliphatic heterocycles. The number of nitrogens with zero attached hydrogens (tertiary/aromatic N) is 1. The number of nitrogen functional groups attached to an aromatic ring is 1. The molecule has 0 aromatic heterocycles. The van der Waals surface area contributed by atoms with E-state index in [4.69, 9.17) is 22.1 Å². The van der Waals surface area contributed by atoms with Crippen LogP contribution in [-0.4, -0.2) is 25.0 Å². The van der Waals surface area contributed by atoms with E-state index in [2.05, 4.69) is 0 Å². The van der Waals surface area contributed by atoms with Gasteiger partial charge in [-0.05, 0) is 49.4 Å². The molecule has 24 heavy (non-hydrogen) atoms. The van der Waals surface area contributed by atoms with Crippen LogP contribution in [0.3, 0.4) is 0 Å². The third kappa shape index (κ3) is 4.23. The molecule has 1 amide bonds. The van der Waals surface area contributed by atoms with Crippen molar-refractivity contribution in [1.82, 2.24) is 0 Å². The molecule has 2 N–H and O–H groups in total. The second-order valence-corrected chi connectivity index (χ2v) is 5.36. The summed E-state index contributed by atoms with van der Waals surface area (Å²) in [6.07, 6.45) is 0. The second kappa shape index (κ2) is 7.79. The lowest BCUT2D eigenvalue weighted by molar-refractivity contribution is -0.121. The molecule has 126 valence electrons. The van der Waals surface area contributed by atoms with Crippen molar-refractivity contribution in [3.63, 3.8) is 0 Å². The fourth-order valence-corrected chi connectivity index (χ4v) is 2.31. The molecule has 0 unspecified atom stereocenters. The molecule has 0 fully saturated rings. The number of halogens is 2. The summed E-state index contributed by atoms with van der Waals surface area (Å²) in [7, 11) is 0. The van der Waals surface area contributed by atoms with Crippen molar-refractivity contribution >= 4 is 34.9 Å². The summed E-state index contributed by atoms with van der Waals surface area (Å²) < 4.78 is 18.0. The normalized spacial score (nSPS) is 10.3. The number of anilines is 2. The molecule has 0 heterocycles. The van der Waals surface area contributed by atoms with Crippen LogP contribution in [0.4, 0.5) is 15.8 Å². The Balaban J connectivity index is 2.03. The minimum absolute atomic E-state index is 0.136.